The Morgan fingerprint density at radius 1 is 1.24 bits per heavy atom. The molecule has 1 aromatic rings. The van der Waals surface area contributed by atoms with E-state index in [-0.39, 0.29) is 11.7 Å². The molecule has 1 fully saturated rings. The number of hydrogen-bond donors (Lipinski definition) is 2. The topological polar surface area (TPSA) is 75.3 Å². The van der Waals surface area contributed by atoms with Crippen LogP contribution in [-0.4, -0.2) is 33.7 Å². The van der Waals surface area contributed by atoms with Gasteiger partial charge in [0.25, 0.3) is 0 Å². The minimum atomic E-state index is -3.08. The van der Waals surface area contributed by atoms with Gasteiger partial charge < -0.3 is 10.6 Å². The number of benzene rings is 1. The quantitative estimate of drug-likeness (QED) is 0.746. The maximum Gasteiger partial charge on any atom is 0.234 e. The fourth-order valence-electron chi connectivity index (χ4n) is 2.12. The molecule has 1 saturated carbocycles. The third-order valence-corrected chi connectivity index (χ3v) is 4.26. The summed E-state index contributed by atoms with van der Waals surface area (Å²) in [6, 6.07) is 7.29. The number of carbonyl (C=O) groups excluding carboxylic acids is 1. The van der Waals surface area contributed by atoms with Crippen LogP contribution in [0.3, 0.4) is 0 Å². The van der Waals surface area contributed by atoms with E-state index in [0.29, 0.717) is 13.1 Å². The van der Waals surface area contributed by atoms with Gasteiger partial charge in [-0.15, -0.1) is 0 Å². The van der Waals surface area contributed by atoms with Crippen LogP contribution in [0.1, 0.15) is 24.0 Å². The smallest absolute Gasteiger partial charge is 0.234 e. The Bertz CT molecular complexity index is 595. The second-order valence-corrected chi connectivity index (χ2v) is 7.83. The Kier molecular flexibility index (Phi) is 5.36. The van der Waals surface area contributed by atoms with Crippen molar-refractivity contribution >= 4 is 15.7 Å². The lowest BCUT2D eigenvalue weighted by Crippen LogP contribution is -2.34. The summed E-state index contributed by atoms with van der Waals surface area (Å²) in [5.74, 6) is 0.678. The number of rotatable bonds is 8. The number of nitrogens with one attached hydrogen (secondary N) is 2. The highest BCUT2D eigenvalue weighted by Crippen LogP contribution is 2.27. The molecule has 2 rings (SSSR count). The number of sulfone groups is 1. The molecule has 1 aromatic carbocycles. The first-order chi connectivity index (χ1) is 9.94. The number of hydrogen-bond acceptors (Lipinski definition) is 4. The zero-order valence-electron chi connectivity index (χ0n) is 12.3. The van der Waals surface area contributed by atoms with E-state index in [4.69, 9.17) is 0 Å². The summed E-state index contributed by atoms with van der Waals surface area (Å²) in [4.78, 5) is 11.7. The van der Waals surface area contributed by atoms with Gasteiger partial charge in [0.05, 0.1) is 12.3 Å². The Labute approximate surface area is 126 Å². The first kappa shape index (κ1) is 16.0. The monoisotopic (exact) mass is 310 g/mol. The molecule has 0 aromatic heterocycles. The van der Waals surface area contributed by atoms with Crippen LogP contribution in [0.25, 0.3) is 0 Å². The third kappa shape index (κ3) is 6.27. The van der Waals surface area contributed by atoms with Crippen LogP contribution < -0.4 is 10.6 Å². The van der Waals surface area contributed by atoms with Crippen LogP contribution in [0.15, 0.2) is 24.3 Å². The lowest BCUT2D eigenvalue weighted by Gasteiger charge is -2.10. The maximum atomic E-state index is 11.7. The normalized spacial score (nSPS) is 14.9. The molecule has 0 heterocycles. The molecule has 0 radical (unpaired) electrons. The van der Waals surface area contributed by atoms with Crippen LogP contribution in [0, 0.1) is 5.92 Å². The summed E-state index contributed by atoms with van der Waals surface area (Å²) in [5.41, 5.74) is 1.59. The van der Waals surface area contributed by atoms with Gasteiger partial charge in [0, 0.05) is 12.8 Å². The molecule has 0 spiro atoms. The fourth-order valence-corrected chi connectivity index (χ4v) is 2.97. The SMILES string of the molecule is CS(=O)(=O)Cc1ccccc1CNC(=O)CNCC1CC1. The van der Waals surface area contributed by atoms with E-state index in [0.717, 1.165) is 23.6 Å². The molecule has 1 aliphatic rings. The summed E-state index contributed by atoms with van der Waals surface area (Å²) in [6.07, 6.45) is 3.73. The number of amides is 1. The van der Waals surface area contributed by atoms with Crippen LogP contribution >= 0.6 is 0 Å². The van der Waals surface area contributed by atoms with Gasteiger partial charge in [-0.3, -0.25) is 4.79 Å². The van der Waals surface area contributed by atoms with Crippen molar-refractivity contribution in [2.45, 2.75) is 25.1 Å². The molecule has 0 bridgehead atoms. The van der Waals surface area contributed by atoms with Gasteiger partial charge in [-0.2, -0.15) is 0 Å². The molecule has 0 unspecified atom stereocenters. The van der Waals surface area contributed by atoms with Gasteiger partial charge in [0.15, 0.2) is 9.84 Å². The molecule has 116 valence electrons. The van der Waals surface area contributed by atoms with Crippen molar-refractivity contribution in [3.05, 3.63) is 35.4 Å². The van der Waals surface area contributed by atoms with E-state index in [1.54, 1.807) is 6.07 Å². The van der Waals surface area contributed by atoms with Crippen molar-refractivity contribution in [2.24, 2.45) is 5.92 Å². The van der Waals surface area contributed by atoms with Gasteiger partial charge in [-0.05, 0) is 36.4 Å². The zero-order chi connectivity index (χ0) is 15.3. The highest BCUT2D eigenvalue weighted by atomic mass is 32.2. The maximum absolute atomic E-state index is 11.7. The van der Waals surface area contributed by atoms with Crippen LogP contribution in [-0.2, 0) is 26.9 Å². The van der Waals surface area contributed by atoms with E-state index in [2.05, 4.69) is 10.6 Å². The second-order valence-electron chi connectivity index (χ2n) is 5.69. The van der Waals surface area contributed by atoms with Crippen molar-refractivity contribution in [2.75, 3.05) is 19.3 Å². The van der Waals surface area contributed by atoms with Crippen molar-refractivity contribution in [1.82, 2.24) is 10.6 Å². The average Bonchev–Trinajstić information content (AvgIpc) is 3.20. The molecule has 0 saturated heterocycles. The van der Waals surface area contributed by atoms with Gasteiger partial charge in [0.2, 0.25) is 5.91 Å². The largest absolute Gasteiger partial charge is 0.351 e. The lowest BCUT2D eigenvalue weighted by atomic mass is 10.1. The van der Waals surface area contributed by atoms with Crippen molar-refractivity contribution < 1.29 is 13.2 Å². The third-order valence-electron chi connectivity index (χ3n) is 3.43. The van der Waals surface area contributed by atoms with Gasteiger partial charge in [-0.25, -0.2) is 8.42 Å². The highest BCUT2D eigenvalue weighted by molar-refractivity contribution is 7.89. The standard InChI is InChI=1S/C15H22N2O3S/c1-21(19,20)11-14-5-3-2-4-13(14)9-17-15(18)10-16-8-12-6-7-12/h2-5,12,16H,6-11H2,1H3,(H,17,18). The molecule has 21 heavy (non-hydrogen) atoms. The molecule has 6 heteroatoms. The summed E-state index contributed by atoms with van der Waals surface area (Å²) < 4.78 is 22.8. The number of carbonyl (C=O) groups is 1. The van der Waals surface area contributed by atoms with Crippen molar-refractivity contribution in [3.63, 3.8) is 0 Å². The Morgan fingerprint density at radius 2 is 1.90 bits per heavy atom. The second kappa shape index (κ2) is 7.04. The first-order valence-corrected chi connectivity index (χ1v) is 9.22. The minimum Gasteiger partial charge on any atom is -0.351 e. The van der Waals surface area contributed by atoms with E-state index >= 15 is 0 Å². The summed E-state index contributed by atoms with van der Waals surface area (Å²) in [7, 11) is -3.08. The van der Waals surface area contributed by atoms with E-state index < -0.39 is 9.84 Å². The summed E-state index contributed by atoms with van der Waals surface area (Å²) in [6.45, 7) is 1.57. The molecule has 1 aliphatic carbocycles. The predicted molar refractivity (Wildman–Crippen MR) is 82.4 cm³/mol. The molecule has 1 amide bonds. The van der Waals surface area contributed by atoms with E-state index in [9.17, 15) is 13.2 Å². The van der Waals surface area contributed by atoms with Gasteiger partial charge in [0.1, 0.15) is 0 Å². The summed E-state index contributed by atoms with van der Waals surface area (Å²) in [5, 5.41) is 5.95. The zero-order valence-corrected chi connectivity index (χ0v) is 13.1. The minimum absolute atomic E-state index is 0.00102. The van der Waals surface area contributed by atoms with E-state index in [1.165, 1.54) is 19.1 Å². The molecule has 5 nitrogen and oxygen atoms in total. The average molecular weight is 310 g/mol. The highest BCUT2D eigenvalue weighted by Gasteiger charge is 2.20. The molecular formula is C15H22N2O3S. The van der Waals surface area contributed by atoms with Crippen LogP contribution in [0.4, 0.5) is 0 Å². The Morgan fingerprint density at radius 3 is 2.52 bits per heavy atom. The van der Waals surface area contributed by atoms with Crippen LogP contribution in [0.2, 0.25) is 0 Å². The summed E-state index contributed by atoms with van der Waals surface area (Å²) >= 11 is 0. The van der Waals surface area contributed by atoms with E-state index in [1.807, 2.05) is 18.2 Å². The lowest BCUT2D eigenvalue weighted by molar-refractivity contribution is -0.120. The molecule has 0 atom stereocenters. The molecular weight excluding hydrogens is 288 g/mol. The Balaban J connectivity index is 1.82. The van der Waals surface area contributed by atoms with Crippen LogP contribution in [0.5, 0.6) is 0 Å². The molecule has 2 N–H and O–H groups in total. The molecule has 0 aliphatic heterocycles. The van der Waals surface area contributed by atoms with Gasteiger partial charge >= 0.3 is 0 Å². The van der Waals surface area contributed by atoms with Crippen molar-refractivity contribution in [1.29, 1.82) is 0 Å². The Hall–Kier alpha value is -1.40. The van der Waals surface area contributed by atoms with Gasteiger partial charge in [-0.1, -0.05) is 24.3 Å². The van der Waals surface area contributed by atoms with Crippen molar-refractivity contribution in [3.8, 4) is 0 Å². The predicted octanol–water partition coefficient (Wildman–Crippen LogP) is 0.847. The first-order valence-electron chi connectivity index (χ1n) is 7.16. The fraction of sp³-hybridized carbons (Fsp3) is 0.533.